The first kappa shape index (κ1) is 26.3. The van der Waals surface area contributed by atoms with Crippen LogP contribution in [0.5, 0.6) is 0 Å². The monoisotopic (exact) mass is 487 g/mol. The molecule has 0 bridgehead atoms. The van der Waals surface area contributed by atoms with Crippen LogP contribution in [0.3, 0.4) is 0 Å². The van der Waals surface area contributed by atoms with Crippen LogP contribution in [-0.4, -0.2) is 67.0 Å². The molecule has 1 aromatic carbocycles. The molecule has 3 atom stereocenters. The molecule has 1 aliphatic rings. The van der Waals surface area contributed by atoms with E-state index in [1.54, 1.807) is 32.0 Å². The van der Waals surface area contributed by atoms with Crippen molar-refractivity contribution in [3.63, 3.8) is 0 Å². The van der Waals surface area contributed by atoms with E-state index in [9.17, 15) is 19.8 Å². The quantitative estimate of drug-likeness (QED) is 0.514. The molecule has 0 aliphatic carbocycles. The number of esters is 2. The maximum Gasteiger partial charge on any atom is 0.336 e. The predicted molar refractivity (Wildman–Crippen MR) is 120 cm³/mol. The van der Waals surface area contributed by atoms with Gasteiger partial charge in [0.25, 0.3) is 0 Å². The summed E-state index contributed by atoms with van der Waals surface area (Å²) in [4.78, 5) is 30.2. The van der Waals surface area contributed by atoms with E-state index in [-0.39, 0.29) is 41.1 Å². The highest BCUT2D eigenvalue weighted by molar-refractivity contribution is 6.42. The number of ether oxygens (including phenoxy) is 3. The number of aliphatic imine (C=N–C) groups is 1. The summed E-state index contributed by atoms with van der Waals surface area (Å²) in [7, 11) is 1.25. The molecule has 0 saturated carbocycles. The number of carbonyl (C=O) groups excluding carboxylic acids is 2. The van der Waals surface area contributed by atoms with Crippen molar-refractivity contribution < 1.29 is 34.0 Å². The first-order chi connectivity index (χ1) is 15.1. The lowest BCUT2D eigenvalue weighted by molar-refractivity contribution is -0.144. The van der Waals surface area contributed by atoms with Crippen LogP contribution in [0.4, 0.5) is 0 Å². The average molecular weight is 488 g/mol. The molecule has 1 aliphatic heterocycles. The summed E-state index contributed by atoms with van der Waals surface area (Å²) >= 11 is 12.7. The van der Waals surface area contributed by atoms with E-state index in [4.69, 9.17) is 37.4 Å². The van der Waals surface area contributed by atoms with Crippen LogP contribution in [0.15, 0.2) is 34.5 Å². The molecular formula is C22H27Cl2NO7. The van der Waals surface area contributed by atoms with Gasteiger partial charge >= 0.3 is 11.9 Å². The van der Waals surface area contributed by atoms with Crippen molar-refractivity contribution in [3.8, 4) is 0 Å². The largest absolute Gasteiger partial charge is 0.468 e. The molecule has 32 heavy (non-hydrogen) atoms. The fourth-order valence-electron chi connectivity index (χ4n) is 3.44. The Morgan fingerprint density at radius 1 is 1.28 bits per heavy atom. The molecule has 2 N–H and O–H groups in total. The first-order valence-electron chi connectivity index (χ1n) is 9.96. The van der Waals surface area contributed by atoms with Crippen molar-refractivity contribution in [1.29, 1.82) is 0 Å². The number of hydrogen-bond acceptors (Lipinski definition) is 8. The molecule has 8 nitrogen and oxygen atoms in total. The number of nitrogens with zero attached hydrogens (tertiary/aromatic N) is 1. The molecule has 0 aromatic heterocycles. The molecule has 1 aromatic rings. The third-order valence-electron chi connectivity index (χ3n) is 4.98. The summed E-state index contributed by atoms with van der Waals surface area (Å²) < 4.78 is 15.8. The van der Waals surface area contributed by atoms with E-state index in [0.717, 1.165) is 0 Å². The average Bonchev–Trinajstić information content (AvgIpc) is 2.74. The smallest absolute Gasteiger partial charge is 0.336 e. The first-order valence-corrected chi connectivity index (χ1v) is 10.7. The third kappa shape index (κ3) is 5.88. The van der Waals surface area contributed by atoms with Gasteiger partial charge in [-0.2, -0.15) is 0 Å². The van der Waals surface area contributed by atoms with Gasteiger partial charge in [-0.1, -0.05) is 35.3 Å². The van der Waals surface area contributed by atoms with Gasteiger partial charge in [-0.15, -0.1) is 0 Å². The van der Waals surface area contributed by atoms with Crippen LogP contribution in [0.25, 0.3) is 0 Å². The van der Waals surface area contributed by atoms with Gasteiger partial charge in [0.15, 0.2) is 0 Å². The zero-order chi connectivity index (χ0) is 24.1. The van der Waals surface area contributed by atoms with Gasteiger partial charge in [-0.25, -0.2) is 4.79 Å². The molecule has 0 fully saturated rings. The summed E-state index contributed by atoms with van der Waals surface area (Å²) in [5.41, 5.74) is -0.343. The standard InChI is InChI=1S/C22H27Cl2NO7/c1-5-32-21(28)18-15(9-31-11-22(3,29)10-26)25-12(2)16(20(27)30-4)17(18)13-7-6-8-14(23)19(13)24/h6-8,16-17,26,29H,5,9-11H2,1-4H3. The van der Waals surface area contributed by atoms with Crippen molar-refractivity contribution in [2.45, 2.75) is 32.3 Å². The lowest BCUT2D eigenvalue weighted by atomic mass is 9.75. The van der Waals surface area contributed by atoms with E-state index < -0.39 is 36.0 Å². The molecule has 3 unspecified atom stereocenters. The minimum Gasteiger partial charge on any atom is -0.468 e. The molecule has 10 heteroatoms. The van der Waals surface area contributed by atoms with Crippen LogP contribution < -0.4 is 0 Å². The van der Waals surface area contributed by atoms with Gasteiger partial charge < -0.3 is 24.4 Å². The molecule has 0 amide bonds. The third-order valence-corrected chi connectivity index (χ3v) is 5.81. The number of benzene rings is 1. The normalized spacial score (nSPS) is 20.4. The number of rotatable bonds is 9. The number of aliphatic hydroxyl groups is 2. The van der Waals surface area contributed by atoms with E-state index in [1.807, 2.05) is 0 Å². The second kappa shape index (κ2) is 11.2. The minimum absolute atomic E-state index is 0.0839. The topological polar surface area (TPSA) is 115 Å². The summed E-state index contributed by atoms with van der Waals surface area (Å²) in [5, 5.41) is 19.7. The summed E-state index contributed by atoms with van der Waals surface area (Å²) in [6, 6.07) is 4.93. The van der Waals surface area contributed by atoms with E-state index >= 15 is 0 Å². The summed E-state index contributed by atoms with van der Waals surface area (Å²) in [5.74, 6) is -3.12. The van der Waals surface area contributed by atoms with Crippen molar-refractivity contribution in [2.75, 3.05) is 33.5 Å². The van der Waals surface area contributed by atoms with Crippen molar-refractivity contribution >= 4 is 40.9 Å². The Bertz CT molecular complexity index is 927. The second-order valence-corrected chi connectivity index (χ2v) is 8.39. The lowest BCUT2D eigenvalue weighted by Gasteiger charge is -2.32. The maximum atomic E-state index is 13.0. The molecule has 1 heterocycles. The fraction of sp³-hybridized carbons (Fsp3) is 0.500. The lowest BCUT2D eigenvalue weighted by Crippen LogP contribution is -2.38. The predicted octanol–water partition coefficient (Wildman–Crippen LogP) is 2.92. The number of methoxy groups -OCH3 is 1. The zero-order valence-corrected chi connectivity index (χ0v) is 19.9. The minimum atomic E-state index is -1.47. The van der Waals surface area contributed by atoms with Gasteiger partial charge in [-0.3, -0.25) is 9.79 Å². The van der Waals surface area contributed by atoms with Crippen LogP contribution in [0.2, 0.25) is 10.0 Å². The Morgan fingerprint density at radius 3 is 2.56 bits per heavy atom. The van der Waals surface area contributed by atoms with Crippen LogP contribution >= 0.6 is 23.2 Å². The Hall–Kier alpha value is -1.97. The Morgan fingerprint density at radius 2 is 1.97 bits per heavy atom. The molecule has 0 radical (unpaired) electrons. The highest BCUT2D eigenvalue weighted by Crippen LogP contribution is 2.44. The Balaban J connectivity index is 2.66. The molecule has 2 rings (SSSR count). The van der Waals surface area contributed by atoms with Crippen LogP contribution in [0, 0.1) is 5.92 Å². The van der Waals surface area contributed by atoms with Gasteiger partial charge in [0.2, 0.25) is 0 Å². The van der Waals surface area contributed by atoms with E-state index in [2.05, 4.69) is 4.99 Å². The number of aliphatic hydroxyl groups excluding tert-OH is 1. The molecular weight excluding hydrogens is 461 g/mol. The maximum absolute atomic E-state index is 13.0. The summed E-state index contributed by atoms with van der Waals surface area (Å²) in [6.45, 7) is 3.90. The summed E-state index contributed by atoms with van der Waals surface area (Å²) in [6.07, 6.45) is 0. The molecule has 0 saturated heterocycles. The fourth-order valence-corrected chi connectivity index (χ4v) is 3.86. The molecule has 0 spiro atoms. The second-order valence-electron chi connectivity index (χ2n) is 7.60. The van der Waals surface area contributed by atoms with Gasteiger partial charge in [0.05, 0.1) is 54.9 Å². The van der Waals surface area contributed by atoms with Crippen molar-refractivity contribution in [3.05, 3.63) is 45.1 Å². The highest BCUT2D eigenvalue weighted by atomic mass is 35.5. The van der Waals surface area contributed by atoms with Crippen LogP contribution in [-0.2, 0) is 23.8 Å². The van der Waals surface area contributed by atoms with Crippen molar-refractivity contribution in [2.24, 2.45) is 10.9 Å². The van der Waals surface area contributed by atoms with Gasteiger partial charge in [0.1, 0.15) is 11.5 Å². The Labute approximate surface area is 196 Å². The SMILES string of the molecule is CCOC(=O)C1=C(COCC(C)(O)CO)N=C(C)C(C(=O)OC)C1c1cccc(Cl)c1Cl. The van der Waals surface area contributed by atoms with Gasteiger partial charge in [-0.05, 0) is 32.4 Å². The number of hydrogen-bond donors (Lipinski definition) is 2. The zero-order valence-electron chi connectivity index (χ0n) is 18.4. The van der Waals surface area contributed by atoms with Crippen LogP contribution in [0.1, 0.15) is 32.3 Å². The highest BCUT2D eigenvalue weighted by Gasteiger charge is 2.44. The van der Waals surface area contributed by atoms with Gasteiger partial charge in [0, 0.05) is 11.6 Å². The van der Waals surface area contributed by atoms with E-state index in [1.165, 1.54) is 14.0 Å². The molecule has 176 valence electrons. The van der Waals surface area contributed by atoms with Crippen molar-refractivity contribution in [1.82, 2.24) is 0 Å². The Kier molecular flexibility index (Phi) is 9.24. The number of carbonyl (C=O) groups is 2. The number of halogens is 2. The van der Waals surface area contributed by atoms with E-state index in [0.29, 0.717) is 11.3 Å².